The zero-order chi connectivity index (χ0) is 36.7. The highest BCUT2D eigenvalue weighted by Crippen LogP contribution is 2.59. The van der Waals surface area contributed by atoms with Crippen molar-refractivity contribution in [1.82, 2.24) is 0 Å². The molecule has 268 valence electrons. The summed E-state index contributed by atoms with van der Waals surface area (Å²) >= 11 is 0. The molecule has 0 bridgehead atoms. The third kappa shape index (κ3) is 9.57. The Morgan fingerprint density at radius 3 is 1.06 bits per heavy atom. The second-order valence-electron chi connectivity index (χ2n) is 15.4. The molecule has 0 saturated heterocycles. The number of hydrogen-bond donors (Lipinski definition) is 0. The van der Waals surface area contributed by atoms with Crippen LogP contribution in [0.15, 0.2) is 48.5 Å². The van der Waals surface area contributed by atoms with Crippen LogP contribution in [0.1, 0.15) is 64.5 Å². The molecule has 0 spiro atoms. The third-order valence-corrected chi connectivity index (χ3v) is 18.5. The van der Waals surface area contributed by atoms with Crippen LogP contribution in [0.4, 0.5) is 26.3 Å². The molecular weight excluding hydrogens is 675 g/mol. The maximum atomic E-state index is 13.4. The molecule has 0 atom stereocenters. The highest BCUT2D eigenvalue weighted by molar-refractivity contribution is 6.75. The Morgan fingerprint density at radius 1 is 0.562 bits per heavy atom. The molecule has 0 radical (unpaired) electrons. The van der Waals surface area contributed by atoms with Crippen LogP contribution in [0.25, 0.3) is 0 Å². The van der Waals surface area contributed by atoms with Crippen LogP contribution in [-0.2, 0) is 19.1 Å². The number of ether oxygens (including phenoxy) is 2. The van der Waals surface area contributed by atoms with Gasteiger partial charge in [-0.2, -0.15) is 26.3 Å². The summed E-state index contributed by atoms with van der Waals surface area (Å²) < 4.78 is 101. The van der Waals surface area contributed by atoms with E-state index in [-0.39, 0.29) is 10.1 Å². The van der Waals surface area contributed by atoms with Crippen molar-refractivity contribution in [3.8, 4) is 11.5 Å². The number of halogens is 6. The number of esters is 2. The second kappa shape index (κ2) is 13.7. The zero-order valence-corrected chi connectivity index (χ0v) is 31.1. The van der Waals surface area contributed by atoms with E-state index in [1.165, 1.54) is 0 Å². The molecule has 0 N–H and O–H groups in total. The maximum absolute atomic E-state index is 13.4. The predicted octanol–water partition coefficient (Wildman–Crippen LogP) is 9.78. The van der Waals surface area contributed by atoms with Gasteiger partial charge in [-0.3, -0.25) is 9.59 Å². The van der Waals surface area contributed by atoms with E-state index < -0.39 is 77.8 Å². The fraction of sp³-hybridized carbons (Fsp3) is 0.588. The lowest BCUT2D eigenvalue weighted by atomic mass is 9.52. The summed E-state index contributed by atoms with van der Waals surface area (Å²) in [7, 11) is -4.52. The molecule has 14 heteroatoms. The Kier molecular flexibility index (Phi) is 11.3. The van der Waals surface area contributed by atoms with Gasteiger partial charge in [0.1, 0.15) is 11.5 Å². The fourth-order valence-electron chi connectivity index (χ4n) is 5.07. The summed E-state index contributed by atoms with van der Waals surface area (Å²) in [6.07, 6.45) is -9.64. The van der Waals surface area contributed by atoms with Gasteiger partial charge >= 0.3 is 24.3 Å². The molecule has 0 heterocycles. The minimum Gasteiger partial charge on any atom is -0.544 e. The fourth-order valence-corrected chi connectivity index (χ4v) is 7.14. The van der Waals surface area contributed by atoms with E-state index in [4.69, 9.17) is 8.85 Å². The number of benzene rings is 2. The Bertz CT molecular complexity index is 1310. The summed E-state index contributed by atoms with van der Waals surface area (Å²) in [5, 5.41) is -0.252. The van der Waals surface area contributed by atoms with Crippen LogP contribution in [-0.4, -0.2) is 54.1 Å². The Hall–Kier alpha value is -3.01. The van der Waals surface area contributed by atoms with Crippen molar-refractivity contribution < 1.29 is 54.3 Å². The van der Waals surface area contributed by atoms with Crippen molar-refractivity contribution >= 4 is 28.6 Å². The van der Waals surface area contributed by atoms with Gasteiger partial charge in [0, 0.05) is 11.8 Å². The molecule has 0 unspecified atom stereocenters. The molecule has 1 saturated carbocycles. The molecule has 1 fully saturated rings. The van der Waals surface area contributed by atoms with Crippen LogP contribution in [0.3, 0.4) is 0 Å². The Morgan fingerprint density at radius 2 is 0.833 bits per heavy atom. The maximum Gasteiger partial charge on any atom is 0.422 e. The van der Waals surface area contributed by atoms with Gasteiger partial charge in [-0.15, -0.1) is 0 Å². The molecule has 6 nitrogen and oxygen atoms in total. The molecule has 1 aliphatic rings. The number of hydrogen-bond acceptors (Lipinski definition) is 6. The van der Waals surface area contributed by atoms with E-state index in [1.807, 2.05) is 26.2 Å². The minimum absolute atomic E-state index is 0.126. The summed E-state index contributed by atoms with van der Waals surface area (Å²) in [6, 6.07) is 12.7. The van der Waals surface area contributed by atoms with Crippen molar-refractivity contribution in [3.63, 3.8) is 0 Å². The van der Waals surface area contributed by atoms with E-state index in [1.54, 1.807) is 48.5 Å². The summed E-state index contributed by atoms with van der Waals surface area (Å²) in [5.41, 5.74) is 0.684. The first-order valence-corrected chi connectivity index (χ1v) is 21.5. The van der Waals surface area contributed by atoms with Crippen molar-refractivity contribution in [2.24, 2.45) is 11.8 Å². The van der Waals surface area contributed by atoms with Crippen LogP contribution in [0.2, 0.25) is 36.3 Å². The smallest absolute Gasteiger partial charge is 0.422 e. The van der Waals surface area contributed by atoms with Crippen molar-refractivity contribution in [3.05, 3.63) is 59.7 Å². The largest absolute Gasteiger partial charge is 0.544 e. The normalized spacial score (nSPS) is 20.8. The minimum atomic E-state index is -4.82. The summed E-state index contributed by atoms with van der Waals surface area (Å²) in [5.74, 6) is -6.40. The number of carbonyl (C=O) groups is 2. The van der Waals surface area contributed by atoms with Crippen LogP contribution in [0.5, 0.6) is 11.5 Å². The molecule has 0 aromatic heterocycles. The highest BCUT2D eigenvalue weighted by atomic mass is 28.4. The first-order chi connectivity index (χ1) is 21.6. The number of alkyl halides is 6. The lowest BCUT2D eigenvalue weighted by Crippen LogP contribution is -2.52. The monoisotopic (exact) mass is 720 g/mol. The standard InChI is InChI=1S/C34H46F6O6Si2/c1-31(2,3)47(7,8)45-23-15-11-21(12-16-23)25-27(29(41)43-19-33(35,36)37)26(28(25)30(42)44-20-34(38,39)40)22-13-17-24(18-14-22)46-48(9,10)32(4,5)6/h11-18,25-28H,19-20H2,1-10H3. The van der Waals surface area contributed by atoms with Gasteiger partial charge in [0.2, 0.25) is 16.6 Å². The van der Waals surface area contributed by atoms with E-state index in [0.29, 0.717) is 22.6 Å². The topological polar surface area (TPSA) is 71.1 Å². The van der Waals surface area contributed by atoms with Gasteiger partial charge in [0.15, 0.2) is 13.2 Å². The molecular formula is C34H46F6O6Si2. The van der Waals surface area contributed by atoms with E-state index in [9.17, 15) is 35.9 Å². The average molecular weight is 721 g/mol. The average Bonchev–Trinajstić information content (AvgIpc) is 2.90. The second-order valence-corrected chi connectivity index (χ2v) is 24.9. The predicted molar refractivity (Wildman–Crippen MR) is 175 cm³/mol. The van der Waals surface area contributed by atoms with Gasteiger partial charge in [-0.1, -0.05) is 65.8 Å². The molecule has 1 aliphatic carbocycles. The Balaban J connectivity index is 2.07. The summed E-state index contributed by atoms with van der Waals surface area (Å²) in [6.45, 7) is 16.8. The van der Waals surface area contributed by atoms with E-state index >= 15 is 0 Å². The van der Waals surface area contributed by atoms with Gasteiger partial charge < -0.3 is 18.3 Å². The quantitative estimate of drug-likeness (QED) is 0.138. The first kappa shape index (κ1) is 39.4. The van der Waals surface area contributed by atoms with Crippen LogP contribution >= 0.6 is 0 Å². The van der Waals surface area contributed by atoms with Gasteiger partial charge in [0.05, 0.1) is 11.8 Å². The van der Waals surface area contributed by atoms with Gasteiger partial charge in [0.25, 0.3) is 0 Å². The van der Waals surface area contributed by atoms with Crippen LogP contribution in [0, 0.1) is 11.8 Å². The number of rotatable bonds is 10. The Labute approximate surface area is 280 Å². The van der Waals surface area contributed by atoms with Crippen molar-refractivity contribution in [2.45, 2.75) is 102 Å². The lowest BCUT2D eigenvalue weighted by Gasteiger charge is -2.49. The molecule has 2 aromatic carbocycles. The van der Waals surface area contributed by atoms with Gasteiger partial charge in [-0.05, 0) is 71.7 Å². The SMILES string of the molecule is CC(C)(C)[Si](C)(C)Oc1ccc(C2C(C(=O)OCC(F)(F)F)C(c3ccc(O[Si](C)(C)C(C)(C)C)cc3)C2C(=O)OCC(F)(F)F)cc1. The highest BCUT2D eigenvalue weighted by Gasteiger charge is 2.60. The zero-order valence-electron chi connectivity index (χ0n) is 29.1. The van der Waals surface area contributed by atoms with Crippen molar-refractivity contribution in [1.29, 1.82) is 0 Å². The molecule has 48 heavy (non-hydrogen) atoms. The first-order valence-electron chi connectivity index (χ1n) is 15.7. The lowest BCUT2D eigenvalue weighted by molar-refractivity contribution is -0.201. The molecule has 3 rings (SSSR count). The van der Waals surface area contributed by atoms with Gasteiger partial charge in [-0.25, -0.2) is 0 Å². The molecule has 2 aromatic rings. The van der Waals surface area contributed by atoms with E-state index in [2.05, 4.69) is 51.0 Å². The molecule has 0 amide bonds. The third-order valence-electron chi connectivity index (χ3n) is 9.74. The molecule has 0 aliphatic heterocycles. The number of carbonyl (C=O) groups excluding carboxylic acids is 2. The summed E-state index contributed by atoms with van der Waals surface area (Å²) in [4.78, 5) is 26.7. The van der Waals surface area contributed by atoms with Crippen molar-refractivity contribution in [2.75, 3.05) is 13.2 Å². The van der Waals surface area contributed by atoms with E-state index in [0.717, 1.165) is 0 Å². The van der Waals surface area contributed by atoms with Crippen LogP contribution < -0.4 is 8.85 Å².